The van der Waals surface area contributed by atoms with E-state index in [0.717, 1.165) is 23.4 Å². The molecule has 0 saturated carbocycles. The molecule has 2 aliphatic heterocycles. The first-order valence-corrected chi connectivity index (χ1v) is 10.7. The number of morpholine rings is 1. The van der Waals surface area contributed by atoms with Crippen molar-refractivity contribution in [1.82, 2.24) is 19.5 Å². The van der Waals surface area contributed by atoms with Crippen LogP contribution in [0.15, 0.2) is 36.8 Å². The molecule has 8 nitrogen and oxygen atoms in total. The Morgan fingerprint density at radius 1 is 1.21 bits per heavy atom. The van der Waals surface area contributed by atoms with Crippen molar-refractivity contribution in [1.29, 1.82) is 0 Å². The Labute approximate surface area is 190 Å². The lowest BCUT2D eigenvalue weighted by atomic mass is 9.89. The van der Waals surface area contributed by atoms with Gasteiger partial charge in [0.15, 0.2) is 17.5 Å². The zero-order chi connectivity index (χ0) is 23.8. The number of halogens is 2. The van der Waals surface area contributed by atoms with Crippen molar-refractivity contribution in [3.05, 3.63) is 54.2 Å². The second-order valence-corrected chi connectivity index (χ2v) is 8.04. The van der Waals surface area contributed by atoms with Crippen LogP contribution < -0.4 is 9.80 Å². The predicted octanol–water partition coefficient (Wildman–Crippen LogP) is 3.11. The molecule has 2 aromatic heterocycles. The fraction of sp³-hybridized carbons (Fsp3) is 0.391. The Morgan fingerprint density at radius 3 is 2.70 bits per heavy atom. The number of benzene rings is 1. The number of imidazole rings is 1. The molecule has 0 aliphatic carbocycles. The number of aromatic nitrogens is 4. The molecule has 1 saturated heterocycles. The average Bonchev–Trinajstić information content (AvgIpc) is 3.25. The molecule has 1 amide bonds. The van der Waals surface area contributed by atoms with E-state index in [9.17, 15) is 13.6 Å². The van der Waals surface area contributed by atoms with E-state index in [1.165, 1.54) is 12.1 Å². The van der Waals surface area contributed by atoms with Crippen LogP contribution in [-0.4, -0.2) is 57.8 Å². The Bertz CT molecular complexity index is 1180. The number of amides is 1. The Morgan fingerprint density at radius 2 is 2.00 bits per heavy atom. The van der Waals surface area contributed by atoms with Gasteiger partial charge in [-0.15, -0.1) is 0 Å². The number of rotatable bonds is 2. The summed E-state index contributed by atoms with van der Waals surface area (Å²) in [5.74, 6) is 0.335. The van der Waals surface area contributed by atoms with Crippen LogP contribution in [0.2, 0.25) is 0 Å². The highest BCUT2D eigenvalue weighted by molar-refractivity contribution is 6.07. The highest BCUT2D eigenvalue weighted by atomic mass is 19.2. The number of ether oxygens (including phenoxy) is 1. The average molecular weight is 456 g/mol. The molecule has 3 aromatic rings. The van der Waals surface area contributed by atoms with Crippen molar-refractivity contribution in [3.8, 4) is 11.4 Å². The fourth-order valence-electron chi connectivity index (χ4n) is 4.23. The van der Waals surface area contributed by atoms with Crippen molar-refractivity contribution >= 4 is 17.4 Å². The van der Waals surface area contributed by atoms with Crippen LogP contribution >= 0.6 is 0 Å². The van der Waals surface area contributed by atoms with E-state index in [2.05, 4.69) is 19.9 Å². The van der Waals surface area contributed by atoms with Crippen molar-refractivity contribution in [2.45, 2.75) is 25.8 Å². The van der Waals surface area contributed by atoms with Crippen LogP contribution in [0.1, 0.15) is 19.2 Å². The fourth-order valence-corrected chi connectivity index (χ4v) is 4.23. The van der Waals surface area contributed by atoms with Gasteiger partial charge in [0.05, 0.1) is 25.0 Å². The highest BCUT2D eigenvalue weighted by Crippen LogP contribution is 2.41. The zero-order valence-electron chi connectivity index (χ0n) is 19.0. The molecule has 0 bridgehead atoms. The van der Waals surface area contributed by atoms with Gasteiger partial charge in [-0.25, -0.2) is 23.7 Å². The van der Waals surface area contributed by atoms with E-state index >= 15 is 0 Å². The lowest BCUT2D eigenvalue weighted by Crippen LogP contribution is -2.68. The summed E-state index contributed by atoms with van der Waals surface area (Å²) in [6, 6.07) is 4.05. The van der Waals surface area contributed by atoms with Gasteiger partial charge in [-0.1, -0.05) is 13.0 Å². The molecule has 1 aromatic carbocycles. The topological polar surface area (TPSA) is 76.4 Å². The molecule has 2 aliphatic rings. The monoisotopic (exact) mass is 456 g/mol. The maximum atomic E-state index is 13.3. The molecule has 5 rings (SSSR count). The summed E-state index contributed by atoms with van der Waals surface area (Å²) >= 11 is 0. The van der Waals surface area contributed by atoms with E-state index in [0.29, 0.717) is 32.0 Å². The standard InChI is InChI=1S/C13H18N4O2.C10H8F2N2/c1-4-13-8-19-6-5-17(13)11-10(16(3)12(13)18)7-14-9(2)15-11;1-14-6-5-13-10(14)7-3-2-4-8(11)9(7)12/h7H,4-6,8H2,1-3H3;2-6H,1H3/t13-;/m0./s1. The number of hydrogen-bond acceptors (Lipinski definition) is 6. The minimum Gasteiger partial charge on any atom is -0.377 e. The Balaban J connectivity index is 0.000000165. The Kier molecular flexibility index (Phi) is 6.11. The molecule has 0 radical (unpaired) electrons. The van der Waals surface area contributed by atoms with Gasteiger partial charge >= 0.3 is 0 Å². The molecular weight excluding hydrogens is 430 g/mol. The molecule has 1 atom stereocenters. The summed E-state index contributed by atoms with van der Waals surface area (Å²) in [4.78, 5) is 29.2. The lowest BCUT2D eigenvalue weighted by molar-refractivity contribution is -0.128. The van der Waals surface area contributed by atoms with Crippen LogP contribution in [0.25, 0.3) is 11.4 Å². The minimum absolute atomic E-state index is 0.0645. The minimum atomic E-state index is -0.859. The van der Waals surface area contributed by atoms with Crippen molar-refractivity contribution in [2.24, 2.45) is 7.05 Å². The van der Waals surface area contributed by atoms with E-state index in [-0.39, 0.29) is 11.5 Å². The maximum absolute atomic E-state index is 13.3. The molecule has 174 valence electrons. The molecule has 33 heavy (non-hydrogen) atoms. The summed E-state index contributed by atoms with van der Waals surface area (Å²) in [6.07, 6.45) is 5.66. The second kappa shape index (κ2) is 8.86. The number of hydrogen-bond donors (Lipinski definition) is 0. The first-order chi connectivity index (χ1) is 15.8. The second-order valence-electron chi connectivity index (χ2n) is 8.04. The van der Waals surface area contributed by atoms with Gasteiger partial charge in [-0.05, 0) is 25.5 Å². The molecule has 0 spiro atoms. The summed E-state index contributed by atoms with van der Waals surface area (Å²) < 4.78 is 33.4. The third-order valence-electron chi connectivity index (χ3n) is 6.11. The van der Waals surface area contributed by atoms with Gasteiger partial charge in [0.1, 0.15) is 22.9 Å². The number of carbonyl (C=O) groups excluding carboxylic acids is 1. The summed E-state index contributed by atoms with van der Waals surface area (Å²) in [6.45, 7) is 5.63. The van der Waals surface area contributed by atoms with Crippen LogP contribution in [0, 0.1) is 18.6 Å². The SMILES string of the molecule is CC[C@@]12COCCN1c1nc(C)ncc1N(C)C2=O.Cn1ccnc1-c1cccc(F)c1F. The van der Waals surface area contributed by atoms with Gasteiger partial charge in [-0.2, -0.15) is 0 Å². The van der Waals surface area contributed by atoms with Gasteiger partial charge in [0.2, 0.25) is 0 Å². The van der Waals surface area contributed by atoms with Crippen LogP contribution in [-0.2, 0) is 16.6 Å². The van der Waals surface area contributed by atoms with Gasteiger partial charge in [0, 0.05) is 33.0 Å². The van der Waals surface area contributed by atoms with Gasteiger partial charge in [-0.3, -0.25) is 4.79 Å². The number of fused-ring (bicyclic) bond motifs is 3. The number of nitrogens with zero attached hydrogens (tertiary/aromatic N) is 6. The summed E-state index contributed by atoms with van der Waals surface area (Å²) in [5, 5.41) is 0. The molecule has 0 unspecified atom stereocenters. The summed E-state index contributed by atoms with van der Waals surface area (Å²) in [7, 11) is 3.51. The molecule has 10 heteroatoms. The Hall–Kier alpha value is -3.40. The van der Waals surface area contributed by atoms with Crippen molar-refractivity contribution in [2.75, 3.05) is 36.6 Å². The first kappa shape index (κ1) is 22.8. The van der Waals surface area contributed by atoms with Crippen LogP contribution in [0.3, 0.4) is 0 Å². The smallest absolute Gasteiger partial charge is 0.255 e. The largest absolute Gasteiger partial charge is 0.377 e. The quantitative estimate of drug-likeness (QED) is 0.590. The number of aryl methyl sites for hydroxylation is 2. The molecule has 1 fully saturated rings. The first-order valence-electron chi connectivity index (χ1n) is 10.7. The third-order valence-corrected chi connectivity index (χ3v) is 6.11. The van der Waals surface area contributed by atoms with Gasteiger partial charge in [0.25, 0.3) is 5.91 Å². The highest BCUT2D eigenvalue weighted by Gasteiger charge is 2.51. The normalized spacial score (nSPS) is 19.5. The lowest BCUT2D eigenvalue weighted by Gasteiger charge is -2.51. The van der Waals surface area contributed by atoms with E-state index in [1.54, 1.807) is 42.2 Å². The van der Waals surface area contributed by atoms with Crippen molar-refractivity contribution in [3.63, 3.8) is 0 Å². The molecule has 0 N–H and O–H groups in total. The predicted molar refractivity (Wildman–Crippen MR) is 120 cm³/mol. The number of anilines is 2. The number of likely N-dealkylation sites (N-methyl/N-ethyl adjacent to an activating group) is 1. The maximum Gasteiger partial charge on any atom is 0.255 e. The number of carbonyl (C=O) groups is 1. The summed E-state index contributed by atoms with van der Waals surface area (Å²) in [5.41, 5.74) is 0.347. The zero-order valence-corrected chi connectivity index (χ0v) is 19.0. The van der Waals surface area contributed by atoms with Crippen LogP contribution in [0.5, 0.6) is 0 Å². The van der Waals surface area contributed by atoms with E-state index < -0.39 is 17.2 Å². The van der Waals surface area contributed by atoms with Crippen LogP contribution in [0.4, 0.5) is 20.3 Å². The molecule has 4 heterocycles. The molecular formula is C23H26F2N6O2. The third kappa shape index (κ3) is 3.84. The van der Waals surface area contributed by atoms with Crippen molar-refractivity contribution < 1.29 is 18.3 Å². The van der Waals surface area contributed by atoms with E-state index in [4.69, 9.17) is 4.74 Å². The van der Waals surface area contributed by atoms with E-state index in [1.807, 2.05) is 13.8 Å². The van der Waals surface area contributed by atoms with Gasteiger partial charge < -0.3 is 19.1 Å².